The lowest BCUT2D eigenvalue weighted by atomic mass is 10.2. The minimum atomic E-state index is -2.99. The molecule has 1 amide bonds. The molecule has 0 atom stereocenters. The third kappa shape index (κ3) is 4.77. The van der Waals surface area contributed by atoms with E-state index in [1.54, 1.807) is 17.1 Å². The molecule has 0 aliphatic rings. The van der Waals surface area contributed by atoms with Crippen LogP contribution in [0.3, 0.4) is 0 Å². The third-order valence-corrected chi connectivity index (χ3v) is 3.53. The van der Waals surface area contributed by atoms with E-state index in [-0.39, 0.29) is 11.3 Å². The van der Waals surface area contributed by atoms with Gasteiger partial charge in [0.15, 0.2) is 0 Å². The SMILES string of the molecule is O=C(NCCn1cc(Br)cn1)c1cc(Br)ccc1OC(F)F. The molecule has 0 aliphatic carbocycles. The van der Waals surface area contributed by atoms with Gasteiger partial charge in [-0.25, -0.2) is 0 Å². The van der Waals surface area contributed by atoms with Crippen molar-refractivity contribution in [3.63, 3.8) is 0 Å². The van der Waals surface area contributed by atoms with Crippen LogP contribution >= 0.6 is 31.9 Å². The fourth-order valence-corrected chi connectivity index (χ4v) is 2.41. The van der Waals surface area contributed by atoms with Gasteiger partial charge >= 0.3 is 6.61 Å². The highest BCUT2D eigenvalue weighted by Gasteiger charge is 2.16. The summed E-state index contributed by atoms with van der Waals surface area (Å²) < 4.78 is 32.1. The van der Waals surface area contributed by atoms with Crippen LogP contribution < -0.4 is 10.1 Å². The lowest BCUT2D eigenvalue weighted by Crippen LogP contribution is -2.28. The number of amides is 1. The molecular formula is C13H11Br2F2N3O2. The average Bonchev–Trinajstić information content (AvgIpc) is 2.86. The standard InChI is InChI=1S/C13H11Br2F2N3O2/c14-8-1-2-11(22-13(16)17)10(5-8)12(21)18-3-4-20-7-9(15)6-19-20/h1-2,5-7,13H,3-4H2,(H,18,21). The molecule has 0 bridgehead atoms. The first kappa shape index (κ1) is 16.9. The van der Waals surface area contributed by atoms with Gasteiger partial charge in [-0.2, -0.15) is 13.9 Å². The summed E-state index contributed by atoms with van der Waals surface area (Å²) >= 11 is 6.46. The van der Waals surface area contributed by atoms with Crippen LogP contribution in [0.5, 0.6) is 5.75 Å². The Balaban J connectivity index is 2.00. The number of rotatable bonds is 6. The van der Waals surface area contributed by atoms with Gasteiger partial charge in [-0.3, -0.25) is 9.48 Å². The van der Waals surface area contributed by atoms with Crippen molar-refractivity contribution < 1.29 is 18.3 Å². The smallest absolute Gasteiger partial charge is 0.387 e. The second-order valence-corrected chi connectivity index (χ2v) is 6.03. The minimum Gasteiger partial charge on any atom is -0.434 e. The number of carbonyl (C=O) groups excluding carboxylic acids is 1. The molecule has 5 nitrogen and oxygen atoms in total. The molecule has 0 saturated heterocycles. The predicted octanol–water partition coefficient (Wildman–Crippen LogP) is 3.44. The number of benzene rings is 1. The van der Waals surface area contributed by atoms with Crippen LogP contribution in [0.2, 0.25) is 0 Å². The molecule has 2 rings (SSSR count). The van der Waals surface area contributed by atoms with E-state index in [2.05, 4.69) is 47.0 Å². The highest BCUT2D eigenvalue weighted by atomic mass is 79.9. The van der Waals surface area contributed by atoms with Crippen molar-refractivity contribution in [1.29, 1.82) is 0 Å². The normalized spacial score (nSPS) is 10.8. The number of hydrogen-bond donors (Lipinski definition) is 1. The van der Waals surface area contributed by atoms with Crippen molar-refractivity contribution in [3.05, 3.63) is 45.1 Å². The molecule has 1 heterocycles. The van der Waals surface area contributed by atoms with Crippen LogP contribution in [0.1, 0.15) is 10.4 Å². The number of hydrogen-bond acceptors (Lipinski definition) is 3. The highest BCUT2D eigenvalue weighted by Crippen LogP contribution is 2.24. The number of nitrogens with zero attached hydrogens (tertiary/aromatic N) is 2. The van der Waals surface area contributed by atoms with Crippen LogP contribution in [0.25, 0.3) is 0 Å². The molecule has 0 spiro atoms. The van der Waals surface area contributed by atoms with Gasteiger partial charge in [0.1, 0.15) is 5.75 Å². The highest BCUT2D eigenvalue weighted by molar-refractivity contribution is 9.10. The first-order chi connectivity index (χ1) is 10.5. The van der Waals surface area contributed by atoms with Crippen molar-refractivity contribution in [2.45, 2.75) is 13.2 Å². The Morgan fingerprint density at radius 3 is 2.77 bits per heavy atom. The summed E-state index contributed by atoms with van der Waals surface area (Å²) in [6, 6.07) is 4.27. The lowest BCUT2D eigenvalue weighted by molar-refractivity contribution is -0.0501. The zero-order chi connectivity index (χ0) is 16.1. The molecule has 0 aliphatic heterocycles. The molecule has 1 aromatic carbocycles. The van der Waals surface area contributed by atoms with Gasteiger partial charge in [0.05, 0.1) is 22.8 Å². The van der Waals surface area contributed by atoms with Gasteiger partial charge < -0.3 is 10.1 Å². The number of carbonyl (C=O) groups is 1. The minimum absolute atomic E-state index is 0.0383. The van der Waals surface area contributed by atoms with Gasteiger partial charge in [-0.1, -0.05) is 15.9 Å². The average molecular weight is 439 g/mol. The molecular weight excluding hydrogens is 428 g/mol. The van der Waals surface area contributed by atoms with Crippen molar-refractivity contribution in [2.24, 2.45) is 0 Å². The predicted molar refractivity (Wildman–Crippen MR) is 83.0 cm³/mol. The molecule has 22 heavy (non-hydrogen) atoms. The van der Waals surface area contributed by atoms with E-state index >= 15 is 0 Å². The zero-order valence-corrected chi connectivity index (χ0v) is 14.3. The Morgan fingerprint density at radius 2 is 2.14 bits per heavy atom. The van der Waals surface area contributed by atoms with E-state index in [0.717, 1.165) is 4.47 Å². The lowest BCUT2D eigenvalue weighted by Gasteiger charge is -2.11. The first-order valence-corrected chi connectivity index (χ1v) is 7.75. The van der Waals surface area contributed by atoms with E-state index in [9.17, 15) is 13.6 Å². The number of alkyl halides is 2. The first-order valence-electron chi connectivity index (χ1n) is 6.16. The molecule has 0 radical (unpaired) electrons. The third-order valence-electron chi connectivity index (χ3n) is 2.63. The number of nitrogens with one attached hydrogen (secondary N) is 1. The second-order valence-electron chi connectivity index (χ2n) is 4.20. The molecule has 1 aromatic heterocycles. The Labute approximate surface area is 141 Å². The van der Waals surface area contributed by atoms with E-state index < -0.39 is 12.5 Å². The van der Waals surface area contributed by atoms with E-state index in [1.165, 1.54) is 18.2 Å². The number of ether oxygens (including phenoxy) is 1. The van der Waals surface area contributed by atoms with Crippen LogP contribution in [0, 0.1) is 0 Å². The van der Waals surface area contributed by atoms with Crippen molar-refractivity contribution in [2.75, 3.05) is 6.54 Å². The van der Waals surface area contributed by atoms with Crippen LogP contribution in [-0.4, -0.2) is 28.8 Å². The maximum absolute atomic E-state index is 12.4. The van der Waals surface area contributed by atoms with Gasteiger partial charge in [0, 0.05) is 17.2 Å². The topological polar surface area (TPSA) is 56.2 Å². The van der Waals surface area contributed by atoms with Gasteiger partial charge in [0.25, 0.3) is 5.91 Å². The zero-order valence-electron chi connectivity index (χ0n) is 11.1. The monoisotopic (exact) mass is 437 g/mol. The summed E-state index contributed by atoms with van der Waals surface area (Å²) in [5.41, 5.74) is 0.0383. The summed E-state index contributed by atoms with van der Waals surface area (Å²) in [5.74, 6) is -0.666. The largest absolute Gasteiger partial charge is 0.434 e. The molecule has 0 unspecified atom stereocenters. The second kappa shape index (κ2) is 7.68. The van der Waals surface area contributed by atoms with Crippen molar-refractivity contribution >= 4 is 37.8 Å². The molecule has 0 fully saturated rings. The van der Waals surface area contributed by atoms with E-state index in [4.69, 9.17) is 0 Å². The quantitative estimate of drug-likeness (QED) is 0.751. The summed E-state index contributed by atoms with van der Waals surface area (Å²) in [5, 5.41) is 6.68. The fraction of sp³-hybridized carbons (Fsp3) is 0.231. The summed E-state index contributed by atoms with van der Waals surface area (Å²) in [4.78, 5) is 12.1. The summed E-state index contributed by atoms with van der Waals surface area (Å²) in [6.07, 6.45) is 3.39. The molecule has 0 saturated carbocycles. The fourth-order valence-electron chi connectivity index (χ4n) is 1.72. The molecule has 9 heteroatoms. The number of aromatic nitrogens is 2. The molecule has 2 aromatic rings. The maximum atomic E-state index is 12.4. The van der Waals surface area contributed by atoms with Crippen molar-refractivity contribution in [1.82, 2.24) is 15.1 Å². The van der Waals surface area contributed by atoms with Gasteiger partial charge in [-0.05, 0) is 34.1 Å². The van der Waals surface area contributed by atoms with E-state index in [0.29, 0.717) is 17.6 Å². The Hall–Kier alpha value is -1.48. The van der Waals surface area contributed by atoms with Crippen LogP contribution in [0.15, 0.2) is 39.5 Å². The Bertz CT molecular complexity index is 664. The Kier molecular flexibility index (Phi) is 5.90. The summed E-state index contributed by atoms with van der Waals surface area (Å²) in [6.45, 7) is -2.24. The van der Waals surface area contributed by atoms with Crippen LogP contribution in [0.4, 0.5) is 8.78 Å². The molecule has 118 valence electrons. The van der Waals surface area contributed by atoms with Crippen LogP contribution in [-0.2, 0) is 6.54 Å². The molecule has 1 N–H and O–H groups in total. The van der Waals surface area contributed by atoms with Crippen molar-refractivity contribution in [3.8, 4) is 5.75 Å². The van der Waals surface area contributed by atoms with Gasteiger partial charge in [0.2, 0.25) is 0 Å². The maximum Gasteiger partial charge on any atom is 0.387 e. The Morgan fingerprint density at radius 1 is 1.36 bits per heavy atom. The summed E-state index contributed by atoms with van der Waals surface area (Å²) in [7, 11) is 0. The number of halogens is 4. The van der Waals surface area contributed by atoms with E-state index in [1.807, 2.05) is 0 Å². The van der Waals surface area contributed by atoms with Gasteiger partial charge in [-0.15, -0.1) is 0 Å².